The van der Waals surface area contributed by atoms with E-state index in [4.69, 9.17) is 4.74 Å². The Kier molecular flexibility index (Phi) is 6.74. The molecule has 28 heavy (non-hydrogen) atoms. The number of ether oxygens (including phenoxy) is 1. The Morgan fingerprint density at radius 2 is 1.86 bits per heavy atom. The molecule has 1 aromatic carbocycles. The quantitative estimate of drug-likeness (QED) is 0.735. The minimum atomic E-state index is 0.0626. The van der Waals surface area contributed by atoms with Gasteiger partial charge in [-0.3, -0.25) is 9.78 Å². The molecule has 2 aromatic rings. The predicted octanol–water partition coefficient (Wildman–Crippen LogP) is 3.29. The van der Waals surface area contributed by atoms with Crippen molar-refractivity contribution in [2.45, 2.75) is 19.8 Å². The van der Waals surface area contributed by atoms with E-state index in [0.717, 1.165) is 49.6 Å². The summed E-state index contributed by atoms with van der Waals surface area (Å²) in [4.78, 5) is 23.6. The molecule has 0 radical (unpaired) electrons. The summed E-state index contributed by atoms with van der Waals surface area (Å²) in [6.45, 7) is 6.21. The molecule has 0 spiro atoms. The standard InChI is InChI=1S/C22H30N4O2/c1-4-5-10-24(2)20-15-18(16-23-17-20)22(27)26-13-11-25(12-14-26)19-6-8-21(28-3)9-7-19/h6-9,15-17H,4-5,10-14H2,1-3H3. The topological polar surface area (TPSA) is 48.9 Å². The van der Waals surface area contributed by atoms with E-state index >= 15 is 0 Å². The second kappa shape index (κ2) is 9.44. The van der Waals surface area contributed by atoms with Gasteiger partial charge in [0.15, 0.2) is 0 Å². The van der Waals surface area contributed by atoms with E-state index in [-0.39, 0.29) is 5.91 Å². The van der Waals surface area contributed by atoms with E-state index in [9.17, 15) is 4.79 Å². The molecule has 6 nitrogen and oxygen atoms in total. The van der Waals surface area contributed by atoms with Gasteiger partial charge in [0, 0.05) is 51.7 Å². The van der Waals surface area contributed by atoms with Gasteiger partial charge in [0.05, 0.1) is 24.6 Å². The van der Waals surface area contributed by atoms with E-state index in [1.165, 1.54) is 0 Å². The number of carbonyl (C=O) groups excluding carboxylic acids is 1. The van der Waals surface area contributed by atoms with Crippen LogP contribution in [-0.4, -0.2) is 62.7 Å². The number of amides is 1. The van der Waals surface area contributed by atoms with E-state index in [0.29, 0.717) is 18.7 Å². The van der Waals surface area contributed by atoms with Gasteiger partial charge in [-0.25, -0.2) is 0 Å². The van der Waals surface area contributed by atoms with Crippen LogP contribution in [0, 0.1) is 0 Å². The Morgan fingerprint density at radius 3 is 2.50 bits per heavy atom. The van der Waals surface area contributed by atoms with E-state index < -0.39 is 0 Å². The average molecular weight is 383 g/mol. The SMILES string of the molecule is CCCCN(C)c1cncc(C(=O)N2CCN(c3ccc(OC)cc3)CC2)c1. The van der Waals surface area contributed by atoms with Crippen molar-refractivity contribution in [1.29, 1.82) is 0 Å². The van der Waals surface area contributed by atoms with Crippen molar-refractivity contribution >= 4 is 17.3 Å². The number of hydrogen-bond donors (Lipinski definition) is 0. The number of rotatable bonds is 7. The zero-order valence-electron chi connectivity index (χ0n) is 17.1. The van der Waals surface area contributed by atoms with Crippen LogP contribution in [0.25, 0.3) is 0 Å². The molecule has 0 aliphatic carbocycles. The van der Waals surface area contributed by atoms with E-state index in [2.05, 4.69) is 40.9 Å². The Bertz CT molecular complexity index is 770. The molecule has 6 heteroatoms. The molecule has 1 fully saturated rings. The average Bonchev–Trinajstić information content (AvgIpc) is 2.77. The van der Waals surface area contributed by atoms with Crippen molar-refractivity contribution in [3.8, 4) is 5.75 Å². The molecule has 150 valence electrons. The monoisotopic (exact) mass is 382 g/mol. The minimum absolute atomic E-state index is 0.0626. The Labute approximate surface area is 167 Å². The number of hydrogen-bond acceptors (Lipinski definition) is 5. The summed E-state index contributed by atoms with van der Waals surface area (Å²) in [7, 11) is 3.72. The maximum atomic E-state index is 12.9. The van der Waals surface area contributed by atoms with Gasteiger partial charge >= 0.3 is 0 Å². The zero-order chi connectivity index (χ0) is 19.9. The molecule has 0 bridgehead atoms. The summed E-state index contributed by atoms with van der Waals surface area (Å²) in [5.41, 5.74) is 2.82. The predicted molar refractivity (Wildman–Crippen MR) is 114 cm³/mol. The number of methoxy groups -OCH3 is 1. The van der Waals surface area contributed by atoms with Crippen LogP contribution in [0.5, 0.6) is 5.75 Å². The lowest BCUT2D eigenvalue weighted by Gasteiger charge is -2.36. The summed E-state index contributed by atoms with van der Waals surface area (Å²) in [6, 6.07) is 10.0. The molecule has 0 saturated carbocycles. The van der Waals surface area contributed by atoms with Gasteiger partial charge < -0.3 is 19.4 Å². The van der Waals surface area contributed by atoms with E-state index in [1.54, 1.807) is 13.3 Å². The number of aromatic nitrogens is 1. The fourth-order valence-electron chi connectivity index (χ4n) is 3.42. The second-order valence-electron chi connectivity index (χ2n) is 7.18. The molecular weight excluding hydrogens is 352 g/mol. The van der Waals surface area contributed by atoms with Crippen LogP contribution in [0.3, 0.4) is 0 Å². The highest BCUT2D eigenvalue weighted by molar-refractivity contribution is 5.95. The smallest absolute Gasteiger partial charge is 0.255 e. The number of carbonyl (C=O) groups is 1. The summed E-state index contributed by atoms with van der Waals surface area (Å²) < 4.78 is 5.22. The number of anilines is 2. The summed E-state index contributed by atoms with van der Waals surface area (Å²) >= 11 is 0. The van der Waals surface area contributed by atoms with Crippen LogP contribution in [0.1, 0.15) is 30.1 Å². The van der Waals surface area contributed by atoms with Gasteiger partial charge in [-0.15, -0.1) is 0 Å². The van der Waals surface area contributed by atoms with Crippen LogP contribution in [0.2, 0.25) is 0 Å². The highest BCUT2D eigenvalue weighted by atomic mass is 16.5. The molecule has 2 heterocycles. The van der Waals surface area contributed by atoms with Crippen LogP contribution in [0.4, 0.5) is 11.4 Å². The lowest BCUT2D eigenvalue weighted by molar-refractivity contribution is 0.0746. The van der Waals surface area contributed by atoms with Crippen molar-refractivity contribution in [1.82, 2.24) is 9.88 Å². The van der Waals surface area contributed by atoms with Crippen molar-refractivity contribution in [3.05, 3.63) is 48.3 Å². The molecule has 1 amide bonds. The van der Waals surface area contributed by atoms with Crippen LogP contribution in [-0.2, 0) is 0 Å². The molecule has 0 atom stereocenters. The molecule has 0 unspecified atom stereocenters. The van der Waals surface area contributed by atoms with Gasteiger partial charge in [-0.1, -0.05) is 13.3 Å². The van der Waals surface area contributed by atoms with Crippen LogP contribution in [0.15, 0.2) is 42.7 Å². The van der Waals surface area contributed by atoms with Gasteiger partial charge in [0.2, 0.25) is 0 Å². The first kappa shape index (κ1) is 20.0. The molecular formula is C22H30N4O2. The first-order valence-corrected chi connectivity index (χ1v) is 9.97. The Balaban J connectivity index is 1.60. The lowest BCUT2D eigenvalue weighted by atomic mass is 10.2. The van der Waals surface area contributed by atoms with Crippen LogP contribution >= 0.6 is 0 Å². The van der Waals surface area contributed by atoms with Gasteiger partial charge in [0.25, 0.3) is 5.91 Å². The van der Waals surface area contributed by atoms with Crippen molar-refractivity contribution < 1.29 is 9.53 Å². The van der Waals surface area contributed by atoms with Crippen LogP contribution < -0.4 is 14.5 Å². The molecule has 1 aliphatic heterocycles. The van der Waals surface area contributed by atoms with Crippen molar-refractivity contribution in [2.75, 3.05) is 56.7 Å². The maximum Gasteiger partial charge on any atom is 0.255 e. The zero-order valence-corrected chi connectivity index (χ0v) is 17.1. The summed E-state index contributed by atoms with van der Waals surface area (Å²) in [6.07, 6.45) is 5.78. The Morgan fingerprint density at radius 1 is 1.14 bits per heavy atom. The van der Waals surface area contributed by atoms with Gasteiger partial charge in [-0.2, -0.15) is 0 Å². The maximum absolute atomic E-state index is 12.9. The number of unbranched alkanes of at least 4 members (excludes halogenated alkanes) is 1. The van der Waals surface area contributed by atoms with Gasteiger partial charge in [-0.05, 0) is 36.8 Å². The molecule has 1 aliphatic rings. The molecule has 1 saturated heterocycles. The number of pyridine rings is 1. The first-order chi connectivity index (χ1) is 13.6. The molecule has 0 N–H and O–H groups in total. The number of piperazine rings is 1. The highest BCUT2D eigenvalue weighted by Crippen LogP contribution is 2.21. The molecule has 3 rings (SSSR count). The van der Waals surface area contributed by atoms with E-state index in [1.807, 2.05) is 29.3 Å². The Hall–Kier alpha value is -2.76. The summed E-state index contributed by atoms with van der Waals surface area (Å²) in [5, 5.41) is 0. The van der Waals surface area contributed by atoms with Gasteiger partial charge in [0.1, 0.15) is 5.75 Å². The third-order valence-corrected chi connectivity index (χ3v) is 5.26. The van der Waals surface area contributed by atoms with Crippen molar-refractivity contribution in [2.24, 2.45) is 0 Å². The largest absolute Gasteiger partial charge is 0.497 e. The lowest BCUT2D eigenvalue weighted by Crippen LogP contribution is -2.48. The minimum Gasteiger partial charge on any atom is -0.497 e. The second-order valence-corrected chi connectivity index (χ2v) is 7.18. The van der Waals surface area contributed by atoms with Crippen molar-refractivity contribution in [3.63, 3.8) is 0 Å². The highest BCUT2D eigenvalue weighted by Gasteiger charge is 2.23. The number of benzene rings is 1. The fraction of sp³-hybridized carbons (Fsp3) is 0.455. The third kappa shape index (κ3) is 4.74. The molecule has 1 aromatic heterocycles. The first-order valence-electron chi connectivity index (χ1n) is 9.97. The fourth-order valence-corrected chi connectivity index (χ4v) is 3.42. The normalized spacial score (nSPS) is 14.1. The number of nitrogens with zero attached hydrogens (tertiary/aromatic N) is 4. The summed E-state index contributed by atoms with van der Waals surface area (Å²) in [5.74, 6) is 0.918. The third-order valence-electron chi connectivity index (χ3n) is 5.26.